The van der Waals surface area contributed by atoms with Gasteiger partial charge in [0.2, 0.25) is 5.91 Å². The van der Waals surface area contributed by atoms with Gasteiger partial charge < -0.3 is 15.7 Å². The van der Waals surface area contributed by atoms with Crippen molar-refractivity contribution in [3.63, 3.8) is 0 Å². The Morgan fingerprint density at radius 1 is 1.35 bits per heavy atom. The molecule has 0 aliphatic carbocycles. The molecule has 1 aliphatic heterocycles. The van der Waals surface area contributed by atoms with Crippen molar-refractivity contribution in [3.05, 3.63) is 35.9 Å². The van der Waals surface area contributed by atoms with E-state index in [-0.39, 0.29) is 5.91 Å². The molecule has 0 bridgehead atoms. The van der Waals surface area contributed by atoms with E-state index in [0.717, 1.165) is 25.1 Å². The van der Waals surface area contributed by atoms with E-state index in [1.165, 1.54) is 0 Å². The molecule has 20 heavy (non-hydrogen) atoms. The number of benzene rings is 1. The lowest BCUT2D eigenvalue weighted by Gasteiger charge is -2.16. The Labute approximate surface area is 118 Å². The Morgan fingerprint density at radius 3 is 2.70 bits per heavy atom. The first-order chi connectivity index (χ1) is 9.65. The van der Waals surface area contributed by atoms with Gasteiger partial charge in [-0.25, -0.2) is 4.79 Å². The number of nitrogens with one attached hydrogen (secondary N) is 2. The van der Waals surface area contributed by atoms with Crippen LogP contribution in [-0.2, 0) is 16.0 Å². The van der Waals surface area contributed by atoms with Gasteiger partial charge in [-0.15, -0.1) is 0 Å². The summed E-state index contributed by atoms with van der Waals surface area (Å²) in [7, 11) is 0. The average molecular weight is 276 g/mol. The summed E-state index contributed by atoms with van der Waals surface area (Å²) in [5.41, 5.74) is 0.905. The summed E-state index contributed by atoms with van der Waals surface area (Å²) in [6.07, 6.45) is 1.68. The highest BCUT2D eigenvalue weighted by atomic mass is 16.4. The lowest BCUT2D eigenvalue weighted by molar-refractivity contribution is -0.141. The summed E-state index contributed by atoms with van der Waals surface area (Å²) < 4.78 is 0. The molecular formula is C15H20N2O3. The van der Waals surface area contributed by atoms with E-state index in [4.69, 9.17) is 0 Å². The van der Waals surface area contributed by atoms with Crippen molar-refractivity contribution in [1.29, 1.82) is 0 Å². The summed E-state index contributed by atoms with van der Waals surface area (Å²) >= 11 is 0. The third kappa shape index (κ3) is 4.35. The second kappa shape index (κ2) is 7.05. The van der Waals surface area contributed by atoms with E-state index in [1.807, 2.05) is 30.3 Å². The van der Waals surface area contributed by atoms with Crippen LogP contribution >= 0.6 is 0 Å². The molecule has 1 unspecified atom stereocenters. The maximum absolute atomic E-state index is 11.9. The molecule has 0 aromatic heterocycles. The largest absolute Gasteiger partial charge is 0.480 e. The van der Waals surface area contributed by atoms with Crippen molar-refractivity contribution in [2.45, 2.75) is 25.3 Å². The number of hydrogen-bond acceptors (Lipinski definition) is 3. The molecular weight excluding hydrogens is 256 g/mol. The molecule has 2 atom stereocenters. The molecule has 1 aliphatic rings. The van der Waals surface area contributed by atoms with E-state index in [2.05, 4.69) is 10.6 Å². The van der Waals surface area contributed by atoms with Crippen molar-refractivity contribution in [2.24, 2.45) is 5.92 Å². The van der Waals surface area contributed by atoms with Crippen LogP contribution in [0.1, 0.15) is 18.4 Å². The molecule has 0 saturated carbocycles. The van der Waals surface area contributed by atoms with Gasteiger partial charge in [0.25, 0.3) is 0 Å². The SMILES string of the molecule is O=C(CC1CCNC1)N[C@@H](Cc1ccccc1)C(=O)O. The minimum Gasteiger partial charge on any atom is -0.480 e. The van der Waals surface area contributed by atoms with Crippen LogP contribution in [-0.4, -0.2) is 36.1 Å². The Bertz CT molecular complexity index is 455. The summed E-state index contributed by atoms with van der Waals surface area (Å²) in [5, 5.41) is 15.0. The minimum atomic E-state index is -0.994. The normalized spacial score (nSPS) is 19.5. The molecule has 1 fully saturated rings. The fourth-order valence-corrected chi connectivity index (χ4v) is 2.45. The molecule has 0 spiro atoms. The quantitative estimate of drug-likeness (QED) is 0.718. The van der Waals surface area contributed by atoms with Crippen molar-refractivity contribution in [3.8, 4) is 0 Å². The highest BCUT2D eigenvalue weighted by Crippen LogP contribution is 2.12. The smallest absolute Gasteiger partial charge is 0.326 e. The summed E-state index contributed by atoms with van der Waals surface area (Å²) in [5.74, 6) is -0.852. The zero-order chi connectivity index (χ0) is 14.4. The Kier molecular flexibility index (Phi) is 5.12. The third-order valence-corrected chi connectivity index (χ3v) is 3.55. The molecule has 1 heterocycles. The van der Waals surface area contributed by atoms with Crippen LogP contribution in [0.4, 0.5) is 0 Å². The number of carbonyl (C=O) groups is 2. The van der Waals surface area contributed by atoms with Crippen molar-refractivity contribution >= 4 is 11.9 Å². The minimum absolute atomic E-state index is 0.179. The molecule has 1 saturated heterocycles. The Morgan fingerprint density at radius 2 is 2.10 bits per heavy atom. The first-order valence-electron chi connectivity index (χ1n) is 6.92. The number of hydrogen-bond donors (Lipinski definition) is 3. The van der Waals surface area contributed by atoms with E-state index in [9.17, 15) is 14.7 Å². The average Bonchev–Trinajstić information content (AvgIpc) is 2.92. The van der Waals surface area contributed by atoms with Gasteiger partial charge >= 0.3 is 5.97 Å². The number of carboxylic acids is 1. The van der Waals surface area contributed by atoms with Crippen LogP contribution in [0.15, 0.2) is 30.3 Å². The standard InChI is InChI=1S/C15H20N2O3/c18-14(9-12-6-7-16-10-12)17-13(15(19)20)8-11-4-2-1-3-5-11/h1-5,12-13,16H,6-10H2,(H,17,18)(H,19,20)/t12?,13-/m0/s1. The lowest BCUT2D eigenvalue weighted by Crippen LogP contribution is -2.43. The first kappa shape index (κ1) is 14.5. The van der Waals surface area contributed by atoms with Gasteiger partial charge in [0, 0.05) is 12.8 Å². The molecule has 2 rings (SSSR count). The summed E-state index contributed by atoms with van der Waals surface area (Å²) in [4.78, 5) is 23.2. The van der Waals surface area contributed by atoms with Crippen molar-refractivity contribution < 1.29 is 14.7 Å². The monoisotopic (exact) mass is 276 g/mol. The van der Waals surface area contributed by atoms with Crippen LogP contribution < -0.4 is 10.6 Å². The Balaban J connectivity index is 1.88. The van der Waals surface area contributed by atoms with Crippen LogP contribution in [0.2, 0.25) is 0 Å². The zero-order valence-electron chi connectivity index (χ0n) is 11.3. The van der Waals surface area contributed by atoms with Gasteiger partial charge in [-0.3, -0.25) is 4.79 Å². The lowest BCUT2D eigenvalue weighted by atomic mass is 10.0. The topological polar surface area (TPSA) is 78.4 Å². The molecule has 108 valence electrons. The van der Waals surface area contributed by atoms with Crippen LogP contribution in [0.25, 0.3) is 0 Å². The Hall–Kier alpha value is -1.88. The number of carbonyl (C=O) groups excluding carboxylic acids is 1. The van der Waals surface area contributed by atoms with Crippen LogP contribution in [0.5, 0.6) is 0 Å². The van der Waals surface area contributed by atoms with Gasteiger partial charge in [0.05, 0.1) is 0 Å². The summed E-state index contributed by atoms with van der Waals surface area (Å²) in [6, 6.07) is 8.47. The zero-order valence-corrected chi connectivity index (χ0v) is 11.3. The maximum Gasteiger partial charge on any atom is 0.326 e. The van der Waals surface area contributed by atoms with Gasteiger partial charge in [-0.1, -0.05) is 30.3 Å². The second-order valence-corrected chi connectivity index (χ2v) is 5.21. The number of rotatable bonds is 6. The predicted octanol–water partition coefficient (Wildman–Crippen LogP) is 0.798. The second-order valence-electron chi connectivity index (χ2n) is 5.21. The van der Waals surface area contributed by atoms with E-state index in [0.29, 0.717) is 18.8 Å². The molecule has 3 N–H and O–H groups in total. The third-order valence-electron chi connectivity index (χ3n) is 3.55. The maximum atomic E-state index is 11.9. The highest BCUT2D eigenvalue weighted by Gasteiger charge is 2.23. The van der Waals surface area contributed by atoms with Gasteiger partial charge in [0.15, 0.2) is 0 Å². The van der Waals surface area contributed by atoms with Crippen molar-refractivity contribution in [2.75, 3.05) is 13.1 Å². The predicted molar refractivity (Wildman–Crippen MR) is 75.3 cm³/mol. The summed E-state index contributed by atoms with van der Waals surface area (Å²) in [6.45, 7) is 1.77. The molecule has 5 heteroatoms. The van der Waals surface area contributed by atoms with E-state index >= 15 is 0 Å². The molecule has 1 aromatic carbocycles. The van der Waals surface area contributed by atoms with Gasteiger partial charge in [-0.05, 0) is 31.0 Å². The van der Waals surface area contributed by atoms with Gasteiger partial charge in [-0.2, -0.15) is 0 Å². The van der Waals surface area contributed by atoms with Crippen LogP contribution in [0.3, 0.4) is 0 Å². The fourth-order valence-electron chi connectivity index (χ4n) is 2.45. The fraction of sp³-hybridized carbons (Fsp3) is 0.467. The van der Waals surface area contributed by atoms with Gasteiger partial charge in [0.1, 0.15) is 6.04 Å². The number of aliphatic carboxylic acids is 1. The first-order valence-corrected chi connectivity index (χ1v) is 6.92. The molecule has 5 nitrogen and oxygen atoms in total. The van der Waals surface area contributed by atoms with E-state index in [1.54, 1.807) is 0 Å². The molecule has 1 aromatic rings. The highest BCUT2D eigenvalue weighted by molar-refractivity contribution is 5.83. The van der Waals surface area contributed by atoms with Crippen molar-refractivity contribution in [1.82, 2.24) is 10.6 Å². The van der Waals surface area contributed by atoms with E-state index < -0.39 is 12.0 Å². The number of amides is 1. The van der Waals surface area contributed by atoms with Crippen LogP contribution in [0, 0.1) is 5.92 Å². The number of carboxylic acid groups (broad SMARTS) is 1. The molecule has 0 radical (unpaired) electrons. The molecule has 1 amide bonds.